The first-order valence-corrected chi connectivity index (χ1v) is 4.23. The van der Waals surface area contributed by atoms with E-state index in [-0.39, 0.29) is 0 Å². The van der Waals surface area contributed by atoms with Gasteiger partial charge in [0, 0.05) is 0 Å². The van der Waals surface area contributed by atoms with Crippen molar-refractivity contribution in [3.05, 3.63) is 46.9 Å². The SMILES string of the molecule is C=C(C)C1=c2ccccc2=CC1. The van der Waals surface area contributed by atoms with E-state index in [2.05, 4.69) is 43.8 Å². The Morgan fingerprint density at radius 3 is 2.83 bits per heavy atom. The van der Waals surface area contributed by atoms with E-state index in [0.29, 0.717) is 0 Å². The van der Waals surface area contributed by atoms with Crippen molar-refractivity contribution in [2.75, 3.05) is 0 Å². The molecule has 60 valence electrons. The third kappa shape index (κ3) is 1.00. The average molecular weight is 156 g/mol. The molecule has 0 unspecified atom stereocenters. The number of hydrogen-bond acceptors (Lipinski definition) is 0. The van der Waals surface area contributed by atoms with Crippen LogP contribution in [0.2, 0.25) is 0 Å². The van der Waals surface area contributed by atoms with Gasteiger partial charge >= 0.3 is 0 Å². The smallest absolute Gasteiger partial charge is 0.00797 e. The maximum atomic E-state index is 3.98. The highest BCUT2D eigenvalue weighted by atomic mass is 14.1. The molecule has 0 nitrogen and oxygen atoms in total. The van der Waals surface area contributed by atoms with E-state index in [1.165, 1.54) is 21.6 Å². The largest absolute Gasteiger partial charge is 0.0958 e. The fourth-order valence-electron chi connectivity index (χ4n) is 1.68. The summed E-state index contributed by atoms with van der Waals surface area (Å²) in [6, 6.07) is 8.49. The summed E-state index contributed by atoms with van der Waals surface area (Å²) >= 11 is 0. The molecule has 0 saturated carbocycles. The minimum Gasteiger partial charge on any atom is -0.0958 e. The van der Waals surface area contributed by atoms with E-state index in [1.807, 2.05) is 0 Å². The van der Waals surface area contributed by atoms with Gasteiger partial charge in [-0.1, -0.05) is 42.5 Å². The molecule has 1 aromatic rings. The summed E-state index contributed by atoms with van der Waals surface area (Å²) in [7, 11) is 0. The van der Waals surface area contributed by atoms with Gasteiger partial charge in [0.25, 0.3) is 0 Å². The van der Waals surface area contributed by atoms with Gasteiger partial charge in [-0.05, 0) is 29.4 Å². The minimum absolute atomic E-state index is 1.05. The lowest BCUT2D eigenvalue weighted by Crippen LogP contribution is -2.21. The zero-order valence-corrected chi connectivity index (χ0v) is 7.30. The zero-order valence-electron chi connectivity index (χ0n) is 7.30. The van der Waals surface area contributed by atoms with Gasteiger partial charge < -0.3 is 0 Å². The van der Waals surface area contributed by atoms with Gasteiger partial charge in [0.15, 0.2) is 0 Å². The number of benzene rings is 1. The van der Waals surface area contributed by atoms with E-state index in [1.54, 1.807) is 0 Å². The standard InChI is InChI=1S/C12H12/c1-9(2)11-8-7-10-5-3-4-6-12(10)11/h3-7H,1,8H2,2H3. The second kappa shape index (κ2) is 2.63. The van der Waals surface area contributed by atoms with Crippen LogP contribution in [0.3, 0.4) is 0 Å². The molecule has 0 radical (unpaired) electrons. The molecule has 0 fully saturated rings. The highest BCUT2D eigenvalue weighted by molar-refractivity contribution is 5.70. The lowest BCUT2D eigenvalue weighted by atomic mass is 10.1. The Kier molecular flexibility index (Phi) is 1.61. The highest BCUT2D eigenvalue weighted by Crippen LogP contribution is 2.13. The van der Waals surface area contributed by atoms with Gasteiger partial charge in [-0.15, -0.1) is 0 Å². The second-order valence-electron chi connectivity index (χ2n) is 3.25. The molecule has 0 amide bonds. The summed E-state index contributed by atoms with van der Waals surface area (Å²) in [4.78, 5) is 0. The summed E-state index contributed by atoms with van der Waals surface area (Å²) in [5.74, 6) is 0. The Balaban J connectivity index is 2.82. The molecule has 0 saturated heterocycles. The van der Waals surface area contributed by atoms with Crippen LogP contribution < -0.4 is 10.4 Å². The quantitative estimate of drug-likeness (QED) is 0.579. The molecule has 0 N–H and O–H groups in total. The van der Waals surface area contributed by atoms with Gasteiger partial charge in [0.2, 0.25) is 0 Å². The van der Waals surface area contributed by atoms with Crippen LogP contribution in [0.25, 0.3) is 11.6 Å². The van der Waals surface area contributed by atoms with E-state index in [9.17, 15) is 0 Å². The fourth-order valence-corrected chi connectivity index (χ4v) is 1.68. The molecule has 0 bridgehead atoms. The molecule has 1 aromatic carbocycles. The Bertz CT molecular complexity index is 435. The maximum absolute atomic E-state index is 3.98. The first-order valence-electron chi connectivity index (χ1n) is 4.23. The lowest BCUT2D eigenvalue weighted by molar-refractivity contribution is 1.42. The Hall–Kier alpha value is -1.30. The van der Waals surface area contributed by atoms with Crippen LogP contribution in [0.1, 0.15) is 13.3 Å². The lowest BCUT2D eigenvalue weighted by Gasteiger charge is -1.97. The van der Waals surface area contributed by atoms with E-state index in [0.717, 1.165) is 6.42 Å². The van der Waals surface area contributed by atoms with Crippen LogP contribution in [-0.4, -0.2) is 0 Å². The van der Waals surface area contributed by atoms with Crippen LogP contribution in [0, 0.1) is 0 Å². The molecule has 0 heteroatoms. The molecular weight excluding hydrogens is 144 g/mol. The van der Waals surface area contributed by atoms with Crippen molar-refractivity contribution >= 4 is 11.6 Å². The van der Waals surface area contributed by atoms with Gasteiger partial charge in [-0.2, -0.15) is 0 Å². The molecule has 0 atom stereocenters. The number of allylic oxidation sites excluding steroid dienone is 1. The average Bonchev–Trinajstić information content (AvgIpc) is 2.47. The molecular formula is C12H12. The molecule has 0 aromatic heterocycles. The molecule has 0 spiro atoms. The normalized spacial score (nSPS) is 13.9. The first-order chi connectivity index (χ1) is 5.79. The third-order valence-electron chi connectivity index (χ3n) is 2.33. The van der Waals surface area contributed by atoms with Crippen molar-refractivity contribution in [2.24, 2.45) is 0 Å². The monoisotopic (exact) mass is 156 g/mol. The van der Waals surface area contributed by atoms with Crippen LogP contribution in [0.15, 0.2) is 36.4 Å². The van der Waals surface area contributed by atoms with E-state index >= 15 is 0 Å². The Labute approximate surface area is 72.5 Å². The van der Waals surface area contributed by atoms with Gasteiger partial charge in [0.1, 0.15) is 0 Å². The van der Waals surface area contributed by atoms with Gasteiger partial charge in [-0.25, -0.2) is 0 Å². The first kappa shape index (κ1) is 7.35. The second-order valence-corrected chi connectivity index (χ2v) is 3.25. The fraction of sp³-hybridized carbons (Fsp3) is 0.167. The van der Waals surface area contributed by atoms with Crippen LogP contribution in [0.5, 0.6) is 0 Å². The van der Waals surface area contributed by atoms with Crippen molar-refractivity contribution in [1.29, 1.82) is 0 Å². The summed E-state index contributed by atoms with van der Waals surface area (Å²) in [5.41, 5.74) is 2.59. The molecule has 0 heterocycles. The van der Waals surface area contributed by atoms with Crippen molar-refractivity contribution in [3.8, 4) is 0 Å². The Morgan fingerprint density at radius 2 is 2.08 bits per heavy atom. The van der Waals surface area contributed by atoms with Crippen molar-refractivity contribution in [3.63, 3.8) is 0 Å². The molecule has 1 aliphatic rings. The van der Waals surface area contributed by atoms with Crippen molar-refractivity contribution < 1.29 is 0 Å². The number of rotatable bonds is 1. The number of fused-ring (bicyclic) bond motifs is 1. The van der Waals surface area contributed by atoms with Crippen LogP contribution in [0.4, 0.5) is 0 Å². The molecule has 1 aliphatic carbocycles. The van der Waals surface area contributed by atoms with Crippen LogP contribution >= 0.6 is 0 Å². The van der Waals surface area contributed by atoms with Crippen molar-refractivity contribution in [1.82, 2.24) is 0 Å². The molecule has 12 heavy (non-hydrogen) atoms. The third-order valence-corrected chi connectivity index (χ3v) is 2.33. The predicted molar refractivity (Wildman–Crippen MR) is 53.0 cm³/mol. The van der Waals surface area contributed by atoms with E-state index < -0.39 is 0 Å². The Morgan fingerprint density at radius 1 is 1.33 bits per heavy atom. The van der Waals surface area contributed by atoms with Crippen LogP contribution in [-0.2, 0) is 0 Å². The number of hydrogen-bond donors (Lipinski definition) is 0. The maximum Gasteiger partial charge on any atom is -0.00797 e. The minimum atomic E-state index is 1.05. The predicted octanol–water partition coefficient (Wildman–Crippen LogP) is 1.60. The van der Waals surface area contributed by atoms with Crippen molar-refractivity contribution in [2.45, 2.75) is 13.3 Å². The topological polar surface area (TPSA) is 0 Å². The molecule has 2 rings (SSSR count). The summed E-state index contributed by atoms with van der Waals surface area (Å²) in [6.07, 6.45) is 3.31. The zero-order chi connectivity index (χ0) is 8.55. The highest BCUT2D eigenvalue weighted by Gasteiger charge is 2.03. The molecule has 0 aliphatic heterocycles. The summed E-state index contributed by atoms with van der Waals surface area (Å²) < 4.78 is 0. The van der Waals surface area contributed by atoms with E-state index in [4.69, 9.17) is 0 Å². The summed E-state index contributed by atoms with van der Waals surface area (Å²) in [5, 5.41) is 2.72. The van der Waals surface area contributed by atoms with Gasteiger partial charge in [0.05, 0.1) is 0 Å². The summed E-state index contributed by atoms with van der Waals surface area (Å²) in [6.45, 7) is 6.05. The van der Waals surface area contributed by atoms with Gasteiger partial charge in [-0.3, -0.25) is 0 Å².